The van der Waals surface area contributed by atoms with Gasteiger partial charge in [0, 0.05) is 21.7 Å². The van der Waals surface area contributed by atoms with Crippen molar-refractivity contribution in [3.8, 4) is 11.5 Å². The summed E-state index contributed by atoms with van der Waals surface area (Å²) in [6.45, 7) is -0.00141. The molecule has 2 aromatic carbocycles. The van der Waals surface area contributed by atoms with E-state index in [1.165, 1.54) is 19.3 Å². The van der Waals surface area contributed by atoms with Gasteiger partial charge in [0.25, 0.3) is 0 Å². The van der Waals surface area contributed by atoms with Gasteiger partial charge in [0.2, 0.25) is 0 Å². The predicted molar refractivity (Wildman–Crippen MR) is 88.1 cm³/mol. The zero-order valence-corrected chi connectivity index (χ0v) is 13.8. The predicted octanol–water partition coefficient (Wildman–Crippen LogP) is 4.27. The molecule has 0 aromatic heterocycles. The van der Waals surface area contributed by atoms with Gasteiger partial charge in [0.05, 0.1) is 7.11 Å². The monoisotopic (exact) mass is 380 g/mol. The summed E-state index contributed by atoms with van der Waals surface area (Å²) in [5.74, 6) is -0.688. The van der Waals surface area contributed by atoms with Crippen molar-refractivity contribution in [1.82, 2.24) is 0 Å². The molecule has 0 saturated carbocycles. The van der Waals surface area contributed by atoms with E-state index in [2.05, 4.69) is 15.9 Å². The maximum Gasteiger partial charge on any atom is 0.328 e. The maximum absolute atomic E-state index is 13.7. The Morgan fingerprint density at radius 1 is 1.35 bits per heavy atom. The number of carboxylic acid groups (broad SMARTS) is 1. The van der Waals surface area contributed by atoms with Crippen molar-refractivity contribution in [3.63, 3.8) is 0 Å². The minimum atomic E-state index is -1.08. The van der Waals surface area contributed by atoms with E-state index in [1.807, 2.05) is 0 Å². The number of rotatable bonds is 6. The molecule has 1 N–H and O–H groups in total. The van der Waals surface area contributed by atoms with Gasteiger partial charge in [-0.2, -0.15) is 0 Å². The minimum Gasteiger partial charge on any atom is -0.493 e. The van der Waals surface area contributed by atoms with Crippen LogP contribution in [0.15, 0.2) is 46.9 Å². The van der Waals surface area contributed by atoms with E-state index in [0.717, 1.165) is 6.08 Å². The second-order valence-corrected chi connectivity index (χ2v) is 5.49. The fourth-order valence-corrected chi connectivity index (χ4v) is 2.40. The lowest BCUT2D eigenvalue weighted by atomic mass is 10.1. The third-order valence-corrected chi connectivity index (χ3v) is 3.46. The molecule has 0 atom stereocenters. The quantitative estimate of drug-likeness (QED) is 0.760. The van der Waals surface area contributed by atoms with Gasteiger partial charge in [-0.25, -0.2) is 9.18 Å². The molecule has 0 spiro atoms. The first kappa shape index (κ1) is 17.0. The van der Waals surface area contributed by atoms with Gasteiger partial charge in [-0.05, 0) is 24.3 Å². The summed E-state index contributed by atoms with van der Waals surface area (Å²) in [6.07, 6.45) is 2.39. The number of hydrogen-bond donors (Lipinski definition) is 1. The van der Waals surface area contributed by atoms with Gasteiger partial charge in [-0.1, -0.05) is 34.1 Å². The van der Waals surface area contributed by atoms with Crippen LogP contribution in [0.3, 0.4) is 0 Å². The molecular weight excluding hydrogens is 367 g/mol. The highest BCUT2D eigenvalue weighted by Gasteiger charge is 2.12. The SMILES string of the molecule is COc1cc(Br)cc(C=CC(=O)O)c1OCc1ccccc1F. The van der Waals surface area contributed by atoms with Crippen LogP contribution in [0.2, 0.25) is 0 Å². The third kappa shape index (κ3) is 4.56. The van der Waals surface area contributed by atoms with Gasteiger partial charge >= 0.3 is 5.97 Å². The summed E-state index contributed by atoms with van der Waals surface area (Å²) < 4.78 is 25.3. The Bertz CT molecular complexity index is 743. The Hall–Kier alpha value is -2.34. The molecule has 0 radical (unpaired) electrons. The fourth-order valence-electron chi connectivity index (χ4n) is 1.95. The lowest BCUT2D eigenvalue weighted by Crippen LogP contribution is -2.02. The Labute approximate surface area is 141 Å². The van der Waals surface area contributed by atoms with E-state index >= 15 is 0 Å². The number of aliphatic carboxylic acids is 1. The summed E-state index contributed by atoms with van der Waals surface area (Å²) in [7, 11) is 1.47. The van der Waals surface area contributed by atoms with Crippen LogP contribution in [0.5, 0.6) is 11.5 Å². The second-order valence-electron chi connectivity index (χ2n) is 4.58. The normalized spacial score (nSPS) is 10.7. The molecule has 0 amide bonds. The number of benzene rings is 2. The van der Waals surface area contributed by atoms with Crippen molar-refractivity contribution in [1.29, 1.82) is 0 Å². The van der Waals surface area contributed by atoms with Crippen molar-refractivity contribution in [2.24, 2.45) is 0 Å². The van der Waals surface area contributed by atoms with E-state index in [0.29, 0.717) is 27.1 Å². The Kier molecular flexibility index (Phi) is 5.76. The van der Waals surface area contributed by atoms with Gasteiger partial charge in [-0.15, -0.1) is 0 Å². The highest BCUT2D eigenvalue weighted by Crippen LogP contribution is 2.36. The molecule has 23 heavy (non-hydrogen) atoms. The van der Waals surface area contributed by atoms with E-state index in [-0.39, 0.29) is 12.4 Å². The Balaban J connectivity index is 2.35. The fraction of sp³-hybridized carbons (Fsp3) is 0.118. The van der Waals surface area contributed by atoms with E-state index in [4.69, 9.17) is 14.6 Å². The van der Waals surface area contributed by atoms with Gasteiger partial charge in [0.1, 0.15) is 12.4 Å². The summed E-state index contributed by atoms with van der Waals surface area (Å²) in [4.78, 5) is 10.7. The average Bonchev–Trinajstić information content (AvgIpc) is 2.52. The van der Waals surface area contributed by atoms with Gasteiger partial charge in [0.15, 0.2) is 11.5 Å². The van der Waals surface area contributed by atoms with Crippen molar-refractivity contribution in [3.05, 3.63) is 63.9 Å². The average molecular weight is 381 g/mol. The zero-order chi connectivity index (χ0) is 16.8. The minimum absolute atomic E-state index is 0.00141. The standard InChI is InChI=1S/C17H14BrFO4/c1-22-15-9-13(18)8-11(6-7-16(20)21)17(15)23-10-12-4-2-3-5-14(12)19/h2-9H,10H2,1H3,(H,20,21). The molecule has 120 valence electrons. The Morgan fingerprint density at radius 2 is 2.09 bits per heavy atom. The van der Waals surface area contributed by atoms with Crippen molar-refractivity contribution in [2.75, 3.05) is 7.11 Å². The van der Waals surface area contributed by atoms with E-state index < -0.39 is 5.97 Å². The molecular formula is C17H14BrFO4. The van der Waals surface area contributed by atoms with Crippen LogP contribution in [0.1, 0.15) is 11.1 Å². The number of halogens is 2. The molecule has 0 bridgehead atoms. The molecule has 6 heteroatoms. The van der Waals surface area contributed by atoms with Crippen LogP contribution in [0.4, 0.5) is 4.39 Å². The van der Waals surface area contributed by atoms with Crippen molar-refractivity contribution < 1.29 is 23.8 Å². The van der Waals surface area contributed by atoms with Crippen LogP contribution < -0.4 is 9.47 Å². The third-order valence-electron chi connectivity index (χ3n) is 3.00. The largest absolute Gasteiger partial charge is 0.493 e. The summed E-state index contributed by atoms with van der Waals surface area (Å²) >= 11 is 3.33. The number of methoxy groups -OCH3 is 1. The molecule has 0 aliphatic rings. The number of ether oxygens (including phenoxy) is 2. The molecule has 2 rings (SSSR count). The van der Waals surface area contributed by atoms with Crippen LogP contribution >= 0.6 is 15.9 Å². The molecule has 0 saturated heterocycles. The van der Waals surface area contributed by atoms with Crippen molar-refractivity contribution >= 4 is 28.0 Å². The molecule has 0 aliphatic carbocycles. The van der Waals surface area contributed by atoms with Crippen LogP contribution in [0.25, 0.3) is 6.08 Å². The van der Waals surface area contributed by atoms with Crippen LogP contribution in [0, 0.1) is 5.82 Å². The first-order valence-electron chi connectivity index (χ1n) is 6.66. The summed E-state index contributed by atoms with van der Waals surface area (Å²) in [5, 5.41) is 8.79. The molecule has 0 aliphatic heterocycles. The second kappa shape index (κ2) is 7.78. The van der Waals surface area contributed by atoms with Gasteiger partial charge in [-0.3, -0.25) is 0 Å². The smallest absolute Gasteiger partial charge is 0.328 e. The van der Waals surface area contributed by atoms with Gasteiger partial charge < -0.3 is 14.6 Å². The number of carboxylic acids is 1. The maximum atomic E-state index is 13.7. The molecule has 2 aromatic rings. The number of carbonyl (C=O) groups is 1. The van der Waals surface area contributed by atoms with E-state index in [1.54, 1.807) is 30.3 Å². The molecule has 4 nitrogen and oxygen atoms in total. The molecule has 0 fully saturated rings. The highest BCUT2D eigenvalue weighted by molar-refractivity contribution is 9.10. The van der Waals surface area contributed by atoms with Crippen LogP contribution in [-0.4, -0.2) is 18.2 Å². The summed E-state index contributed by atoms with van der Waals surface area (Å²) in [5.41, 5.74) is 0.903. The topological polar surface area (TPSA) is 55.8 Å². The first-order chi connectivity index (χ1) is 11.0. The summed E-state index contributed by atoms with van der Waals surface area (Å²) in [6, 6.07) is 9.66. The van der Waals surface area contributed by atoms with E-state index in [9.17, 15) is 9.18 Å². The molecule has 0 heterocycles. The lowest BCUT2D eigenvalue weighted by Gasteiger charge is -2.14. The Morgan fingerprint density at radius 3 is 2.74 bits per heavy atom. The van der Waals surface area contributed by atoms with Crippen LogP contribution in [-0.2, 0) is 11.4 Å². The van der Waals surface area contributed by atoms with Crippen molar-refractivity contribution in [2.45, 2.75) is 6.61 Å². The lowest BCUT2D eigenvalue weighted by molar-refractivity contribution is -0.131. The molecule has 0 unspecified atom stereocenters. The number of hydrogen-bond acceptors (Lipinski definition) is 3. The first-order valence-corrected chi connectivity index (χ1v) is 7.45. The highest BCUT2D eigenvalue weighted by atomic mass is 79.9. The zero-order valence-electron chi connectivity index (χ0n) is 12.3.